The fourth-order valence-corrected chi connectivity index (χ4v) is 2.17. The number of hydrogen-bond donors (Lipinski definition) is 1. The lowest BCUT2D eigenvalue weighted by Crippen LogP contribution is -2.42. The van der Waals surface area contributed by atoms with Crippen molar-refractivity contribution >= 4 is 11.8 Å². The SMILES string of the molecule is Cc1cc(CNC(=O)CN2CCCCC2=O)ccn1. The van der Waals surface area contributed by atoms with Gasteiger partial charge in [-0.25, -0.2) is 0 Å². The summed E-state index contributed by atoms with van der Waals surface area (Å²) in [5.41, 5.74) is 1.95. The van der Waals surface area contributed by atoms with Crippen molar-refractivity contribution in [2.75, 3.05) is 13.1 Å². The standard InChI is InChI=1S/C14H19N3O2/c1-11-8-12(5-6-15-11)9-16-13(18)10-17-7-3-2-4-14(17)19/h5-6,8H,2-4,7,9-10H2,1H3,(H,16,18). The summed E-state index contributed by atoms with van der Waals surface area (Å²) in [5.74, 6) is -0.0223. The number of aryl methyl sites for hydroxylation is 1. The zero-order chi connectivity index (χ0) is 13.7. The van der Waals surface area contributed by atoms with E-state index in [1.165, 1.54) is 0 Å². The Hall–Kier alpha value is -1.91. The summed E-state index contributed by atoms with van der Waals surface area (Å²) in [6.45, 7) is 3.26. The lowest BCUT2D eigenvalue weighted by molar-refractivity contribution is -0.137. The first-order chi connectivity index (χ1) is 9.15. The topological polar surface area (TPSA) is 62.3 Å². The van der Waals surface area contributed by atoms with Gasteiger partial charge < -0.3 is 10.2 Å². The highest BCUT2D eigenvalue weighted by Gasteiger charge is 2.20. The van der Waals surface area contributed by atoms with Crippen molar-refractivity contribution in [1.82, 2.24) is 15.2 Å². The van der Waals surface area contributed by atoms with Gasteiger partial charge in [-0.1, -0.05) is 0 Å². The lowest BCUT2D eigenvalue weighted by atomic mass is 10.1. The third-order valence-electron chi connectivity index (χ3n) is 3.21. The molecule has 2 rings (SSSR count). The van der Waals surface area contributed by atoms with E-state index in [1.54, 1.807) is 11.1 Å². The molecule has 1 N–H and O–H groups in total. The van der Waals surface area contributed by atoms with Crippen molar-refractivity contribution in [3.8, 4) is 0 Å². The fraction of sp³-hybridized carbons (Fsp3) is 0.500. The average molecular weight is 261 g/mol. The van der Waals surface area contributed by atoms with Gasteiger partial charge in [-0.2, -0.15) is 0 Å². The Labute approximate surface area is 113 Å². The van der Waals surface area contributed by atoms with E-state index in [4.69, 9.17) is 0 Å². The first kappa shape index (κ1) is 13.5. The minimum absolute atomic E-state index is 0.0844. The molecule has 5 heteroatoms. The summed E-state index contributed by atoms with van der Waals surface area (Å²) < 4.78 is 0. The van der Waals surface area contributed by atoms with Crippen LogP contribution in [0, 0.1) is 6.92 Å². The molecule has 1 aromatic rings. The normalized spacial score (nSPS) is 15.4. The van der Waals surface area contributed by atoms with Crippen LogP contribution >= 0.6 is 0 Å². The summed E-state index contributed by atoms with van der Waals surface area (Å²) in [4.78, 5) is 29.1. The van der Waals surface area contributed by atoms with Crippen LogP contribution < -0.4 is 5.32 Å². The van der Waals surface area contributed by atoms with Gasteiger partial charge >= 0.3 is 0 Å². The van der Waals surface area contributed by atoms with Crippen LogP contribution in [0.2, 0.25) is 0 Å². The molecule has 0 bridgehead atoms. The van der Waals surface area contributed by atoms with Crippen molar-refractivity contribution in [3.63, 3.8) is 0 Å². The number of hydrogen-bond acceptors (Lipinski definition) is 3. The van der Waals surface area contributed by atoms with E-state index in [0.717, 1.165) is 24.1 Å². The van der Waals surface area contributed by atoms with Crippen LogP contribution in [0.5, 0.6) is 0 Å². The second-order valence-electron chi connectivity index (χ2n) is 4.85. The number of pyridine rings is 1. The number of rotatable bonds is 4. The quantitative estimate of drug-likeness (QED) is 0.880. The summed E-state index contributed by atoms with van der Waals surface area (Å²) in [6.07, 6.45) is 4.22. The second-order valence-corrected chi connectivity index (χ2v) is 4.85. The molecule has 0 unspecified atom stereocenters. The largest absolute Gasteiger partial charge is 0.350 e. The highest BCUT2D eigenvalue weighted by atomic mass is 16.2. The van der Waals surface area contributed by atoms with E-state index in [9.17, 15) is 9.59 Å². The van der Waals surface area contributed by atoms with Gasteiger partial charge in [0.25, 0.3) is 0 Å². The molecule has 5 nitrogen and oxygen atoms in total. The Morgan fingerprint density at radius 1 is 1.47 bits per heavy atom. The first-order valence-electron chi connectivity index (χ1n) is 6.61. The van der Waals surface area contributed by atoms with Crippen LogP contribution in [0.15, 0.2) is 18.3 Å². The van der Waals surface area contributed by atoms with Crippen LogP contribution in [0.1, 0.15) is 30.5 Å². The number of nitrogens with one attached hydrogen (secondary N) is 1. The van der Waals surface area contributed by atoms with Crippen molar-refractivity contribution < 1.29 is 9.59 Å². The molecule has 2 amide bonds. The molecule has 0 aromatic carbocycles. The van der Waals surface area contributed by atoms with Gasteiger partial charge in [-0.15, -0.1) is 0 Å². The van der Waals surface area contributed by atoms with E-state index < -0.39 is 0 Å². The summed E-state index contributed by atoms with van der Waals surface area (Å²) in [6, 6.07) is 3.81. The van der Waals surface area contributed by atoms with Gasteiger partial charge in [0, 0.05) is 31.4 Å². The maximum absolute atomic E-state index is 11.8. The second kappa shape index (κ2) is 6.31. The lowest BCUT2D eigenvalue weighted by Gasteiger charge is -2.25. The third-order valence-corrected chi connectivity index (χ3v) is 3.21. The highest BCUT2D eigenvalue weighted by Crippen LogP contribution is 2.09. The Morgan fingerprint density at radius 3 is 3.05 bits per heavy atom. The van der Waals surface area contributed by atoms with E-state index in [2.05, 4.69) is 10.3 Å². The zero-order valence-corrected chi connectivity index (χ0v) is 11.2. The number of amides is 2. The van der Waals surface area contributed by atoms with Crippen LogP contribution in [0.3, 0.4) is 0 Å². The van der Waals surface area contributed by atoms with Crippen molar-refractivity contribution in [3.05, 3.63) is 29.6 Å². The first-order valence-corrected chi connectivity index (χ1v) is 6.61. The molecule has 1 aliphatic rings. The number of likely N-dealkylation sites (tertiary alicyclic amines) is 1. The maximum atomic E-state index is 11.8. The Kier molecular flexibility index (Phi) is 4.49. The molecule has 0 saturated carbocycles. The van der Waals surface area contributed by atoms with Crippen molar-refractivity contribution in [1.29, 1.82) is 0 Å². The van der Waals surface area contributed by atoms with Crippen LogP contribution in [0.25, 0.3) is 0 Å². The minimum Gasteiger partial charge on any atom is -0.350 e. The number of aromatic nitrogens is 1. The number of carbonyl (C=O) groups is 2. The van der Waals surface area contributed by atoms with E-state index in [0.29, 0.717) is 19.5 Å². The Morgan fingerprint density at radius 2 is 2.32 bits per heavy atom. The third kappa shape index (κ3) is 4.05. The van der Waals surface area contributed by atoms with Gasteiger partial charge in [-0.3, -0.25) is 14.6 Å². The molecule has 1 fully saturated rings. The molecule has 0 spiro atoms. The van der Waals surface area contributed by atoms with Gasteiger partial charge in [0.1, 0.15) is 0 Å². The number of nitrogens with zero attached hydrogens (tertiary/aromatic N) is 2. The molecule has 1 aromatic heterocycles. The summed E-state index contributed by atoms with van der Waals surface area (Å²) in [5, 5.41) is 2.83. The van der Waals surface area contributed by atoms with Gasteiger partial charge in [0.2, 0.25) is 11.8 Å². The molecular weight excluding hydrogens is 242 g/mol. The van der Waals surface area contributed by atoms with E-state index in [-0.39, 0.29) is 18.4 Å². The molecule has 102 valence electrons. The minimum atomic E-state index is -0.107. The number of carbonyl (C=O) groups excluding carboxylic acids is 2. The number of piperidine rings is 1. The molecule has 19 heavy (non-hydrogen) atoms. The molecule has 0 radical (unpaired) electrons. The molecule has 2 heterocycles. The van der Waals surface area contributed by atoms with Crippen LogP contribution in [-0.2, 0) is 16.1 Å². The molecule has 0 atom stereocenters. The molecule has 0 aliphatic carbocycles. The maximum Gasteiger partial charge on any atom is 0.239 e. The zero-order valence-electron chi connectivity index (χ0n) is 11.2. The van der Waals surface area contributed by atoms with Gasteiger partial charge in [-0.05, 0) is 37.5 Å². The predicted octanol–water partition coefficient (Wildman–Crippen LogP) is 1.02. The van der Waals surface area contributed by atoms with Gasteiger partial charge in [0.05, 0.1) is 6.54 Å². The molecule has 1 aliphatic heterocycles. The van der Waals surface area contributed by atoms with Crippen molar-refractivity contribution in [2.24, 2.45) is 0 Å². The fourth-order valence-electron chi connectivity index (χ4n) is 2.17. The van der Waals surface area contributed by atoms with Crippen LogP contribution in [0.4, 0.5) is 0 Å². The monoisotopic (exact) mass is 261 g/mol. The average Bonchev–Trinajstić information content (AvgIpc) is 2.39. The summed E-state index contributed by atoms with van der Waals surface area (Å²) >= 11 is 0. The van der Waals surface area contributed by atoms with Gasteiger partial charge in [0.15, 0.2) is 0 Å². The Bertz CT molecular complexity index is 474. The highest BCUT2D eigenvalue weighted by molar-refractivity contribution is 5.85. The van der Waals surface area contributed by atoms with Crippen molar-refractivity contribution in [2.45, 2.75) is 32.7 Å². The molecule has 1 saturated heterocycles. The van der Waals surface area contributed by atoms with Crippen LogP contribution in [-0.4, -0.2) is 34.8 Å². The van der Waals surface area contributed by atoms with E-state index >= 15 is 0 Å². The summed E-state index contributed by atoms with van der Waals surface area (Å²) in [7, 11) is 0. The van der Waals surface area contributed by atoms with E-state index in [1.807, 2.05) is 19.1 Å². The molecular formula is C14H19N3O2. The Balaban J connectivity index is 1.79. The smallest absolute Gasteiger partial charge is 0.239 e. The predicted molar refractivity (Wildman–Crippen MR) is 71.3 cm³/mol.